The Labute approximate surface area is 122 Å². The summed E-state index contributed by atoms with van der Waals surface area (Å²) in [6.45, 7) is 0.604. The van der Waals surface area contributed by atoms with Crippen LogP contribution in [-0.2, 0) is 17.9 Å². The molecule has 21 heavy (non-hydrogen) atoms. The van der Waals surface area contributed by atoms with E-state index in [0.717, 1.165) is 5.56 Å². The highest BCUT2D eigenvalue weighted by Gasteiger charge is 2.12. The first-order valence-electron chi connectivity index (χ1n) is 6.34. The van der Waals surface area contributed by atoms with Crippen molar-refractivity contribution in [1.29, 1.82) is 0 Å². The van der Waals surface area contributed by atoms with E-state index in [4.69, 9.17) is 19.6 Å². The van der Waals surface area contributed by atoms with Crippen molar-refractivity contribution in [3.63, 3.8) is 0 Å². The third-order valence-electron chi connectivity index (χ3n) is 2.88. The van der Waals surface area contributed by atoms with Gasteiger partial charge in [0, 0.05) is 6.54 Å². The van der Waals surface area contributed by atoms with Crippen LogP contribution in [0.2, 0.25) is 0 Å². The summed E-state index contributed by atoms with van der Waals surface area (Å²) in [6.07, 6.45) is 0. The minimum Gasteiger partial charge on any atom is -0.493 e. The third kappa shape index (κ3) is 3.55. The molecule has 0 saturated heterocycles. The highest BCUT2D eigenvalue weighted by Crippen LogP contribution is 2.28. The molecular formula is C15H17NO5. The Kier molecular flexibility index (Phi) is 4.84. The van der Waals surface area contributed by atoms with Crippen molar-refractivity contribution in [2.75, 3.05) is 14.2 Å². The van der Waals surface area contributed by atoms with Gasteiger partial charge in [-0.1, -0.05) is 6.07 Å². The average molecular weight is 291 g/mol. The van der Waals surface area contributed by atoms with Crippen LogP contribution >= 0.6 is 0 Å². The van der Waals surface area contributed by atoms with E-state index in [1.807, 2.05) is 12.1 Å². The van der Waals surface area contributed by atoms with Crippen molar-refractivity contribution in [2.45, 2.75) is 13.2 Å². The second-order valence-corrected chi connectivity index (χ2v) is 4.24. The van der Waals surface area contributed by atoms with E-state index in [-0.39, 0.29) is 12.4 Å². The second kappa shape index (κ2) is 6.81. The lowest BCUT2D eigenvalue weighted by molar-refractivity contribution is 0.0561. The maximum atomic E-state index is 11.3. The van der Waals surface area contributed by atoms with Crippen molar-refractivity contribution in [3.05, 3.63) is 47.4 Å². The predicted octanol–water partition coefficient (Wildman–Crippen LogP) is 2.11. The number of ether oxygens (including phenoxy) is 3. The van der Waals surface area contributed by atoms with Gasteiger partial charge in [0.1, 0.15) is 12.4 Å². The lowest BCUT2D eigenvalue weighted by Gasteiger charge is -2.10. The molecule has 0 fully saturated rings. The lowest BCUT2D eigenvalue weighted by Crippen LogP contribution is -2.01. The van der Waals surface area contributed by atoms with Gasteiger partial charge in [0.2, 0.25) is 5.76 Å². The fraction of sp³-hybridized carbons (Fsp3) is 0.267. The van der Waals surface area contributed by atoms with Crippen LogP contribution in [0.25, 0.3) is 0 Å². The Bertz CT molecular complexity index is 620. The molecule has 2 rings (SSSR count). The summed E-state index contributed by atoms with van der Waals surface area (Å²) >= 11 is 0. The first-order chi connectivity index (χ1) is 10.2. The molecule has 1 aromatic heterocycles. The van der Waals surface area contributed by atoms with Gasteiger partial charge in [-0.15, -0.1) is 0 Å². The predicted molar refractivity (Wildman–Crippen MR) is 75.3 cm³/mol. The molecule has 2 aromatic rings. The summed E-state index contributed by atoms with van der Waals surface area (Å²) < 4.78 is 20.8. The van der Waals surface area contributed by atoms with Gasteiger partial charge < -0.3 is 24.4 Å². The maximum Gasteiger partial charge on any atom is 0.373 e. The Morgan fingerprint density at radius 2 is 2.00 bits per heavy atom. The molecule has 0 amide bonds. The van der Waals surface area contributed by atoms with Crippen molar-refractivity contribution >= 4 is 5.97 Å². The van der Waals surface area contributed by atoms with Gasteiger partial charge in [0.25, 0.3) is 0 Å². The van der Waals surface area contributed by atoms with Gasteiger partial charge >= 0.3 is 5.97 Å². The normalized spacial score (nSPS) is 10.2. The molecule has 1 aromatic carbocycles. The SMILES string of the molecule is COC(=O)c1ccc(COc2ccc(CN)cc2OC)o1. The van der Waals surface area contributed by atoms with E-state index in [1.54, 1.807) is 25.3 Å². The summed E-state index contributed by atoms with van der Waals surface area (Å²) in [5.41, 5.74) is 6.53. The van der Waals surface area contributed by atoms with E-state index >= 15 is 0 Å². The minimum atomic E-state index is -0.522. The number of carbonyl (C=O) groups excluding carboxylic acids is 1. The first-order valence-corrected chi connectivity index (χ1v) is 6.34. The molecule has 2 N–H and O–H groups in total. The van der Waals surface area contributed by atoms with Crippen LogP contribution < -0.4 is 15.2 Å². The third-order valence-corrected chi connectivity index (χ3v) is 2.88. The molecule has 6 nitrogen and oxygen atoms in total. The van der Waals surface area contributed by atoms with Gasteiger partial charge in [0.15, 0.2) is 11.5 Å². The highest BCUT2D eigenvalue weighted by atomic mass is 16.5. The van der Waals surface area contributed by atoms with Crippen molar-refractivity contribution in [1.82, 2.24) is 0 Å². The summed E-state index contributed by atoms with van der Waals surface area (Å²) in [7, 11) is 2.86. The van der Waals surface area contributed by atoms with Gasteiger partial charge in [-0.2, -0.15) is 0 Å². The van der Waals surface area contributed by atoms with E-state index in [1.165, 1.54) is 7.11 Å². The molecule has 0 aliphatic rings. The van der Waals surface area contributed by atoms with E-state index in [0.29, 0.717) is 23.8 Å². The summed E-state index contributed by atoms with van der Waals surface area (Å²) in [6, 6.07) is 8.66. The molecule has 6 heteroatoms. The van der Waals surface area contributed by atoms with Crippen LogP contribution in [0.5, 0.6) is 11.5 Å². The van der Waals surface area contributed by atoms with E-state index in [9.17, 15) is 4.79 Å². The van der Waals surface area contributed by atoms with Gasteiger partial charge in [-0.25, -0.2) is 4.79 Å². The molecule has 0 bridgehead atoms. The highest BCUT2D eigenvalue weighted by molar-refractivity contribution is 5.86. The van der Waals surface area contributed by atoms with E-state index in [2.05, 4.69) is 4.74 Å². The summed E-state index contributed by atoms with van der Waals surface area (Å²) in [5.74, 6) is 1.30. The molecule has 0 atom stereocenters. The second-order valence-electron chi connectivity index (χ2n) is 4.24. The van der Waals surface area contributed by atoms with Gasteiger partial charge in [0.05, 0.1) is 14.2 Å². The Hall–Kier alpha value is -2.47. The molecule has 0 unspecified atom stereocenters. The zero-order valence-electron chi connectivity index (χ0n) is 11.9. The molecule has 112 valence electrons. The maximum absolute atomic E-state index is 11.3. The number of rotatable bonds is 6. The molecule has 0 saturated carbocycles. The van der Waals surface area contributed by atoms with Crippen molar-refractivity contribution in [2.24, 2.45) is 5.73 Å². The first kappa shape index (κ1) is 14.9. The Morgan fingerprint density at radius 1 is 1.19 bits per heavy atom. The topological polar surface area (TPSA) is 83.9 Å². The monoisotopic (exact) mass is 291 g/mol. The molecule has 0 spiro atoms. The Morgan fingerprint density at radius 3 is 2.67 bits per heavy atom. The molecule has 0 aliphatic carbocycles. The molecule has 1 heterocycles. The van der Waals surface area contributed by atoms with Crippen LogP contribution in [0, 0.1) is 0 Å². The number of benzene rings is 1. The molecule has 0 aliphatic heterocycles. The average Bonchev–Trinajstić information content (AvgIpc) is 3.00. The van der Waals surface area contributed by atoms with Crippen LogP contribution in [0.15, 0.2) is 34.7 Å². The Balaban J connectivity index is 2.06. The lowest BCUT2D eigenvalue weighted by atomic mass is 10.2. The zero-order chi connectivity index (χ0) is 15.2. The van der Waals surface area contributed by atoms with Crippen LogP contribution in [0.1, 0.15) is 21.9 Å². The number of furan rings is 1. The molecular weight excluding hydrogens is 274 g/mol. The smallest absolute Gasteiger partial charge is 0.373 e. The van der Waals surface area contributed by atoms with Crippen molar-refractivity contribution < 1.29 is 23.4 Å². The van der Waals surface area contributed by atoms with Crippen LogP contribution in [-0.4, -0.2) is 20.2 Å². The summed E-state index contributed by atoms with van der Waals surface area (Å²) in [5, 5.41) is 0. The van der Waals surface area contributed by atoms with Crippen LogP contribution in [0.4, 0.5) is 0 Å². The zero-order valence-corrected chi connectivity index (χ0v) is 11.9. The fourth-order valence-electron chi connectivity index (χ4n) is 1.77. The summed E-state index contributed by atoms with van der Waals surface area (Å²) in [4.78, 5) is 11.3. The standard InChI is InChI=1S/C15H17NO5/c1-18-14-7-10(8-16)3-5-12(14)20-9-11-4-6-13(21-11)15(17)19-2/h3-7H,8-9,16H2,1-2H3. The van der Waals surface area contributed by atoms with Crippen LogP contribution in [0.3, 0.4) is 0 Å². The number of hydrogen-bond acceptors (Lipinski definition) is 6. The molecule has 0 radical (unpaired) electrons. The quantitative estimate of drug-likeness (QED) is 0.821. The largest absolute Gasteiger partial charge is 0.493 e. The number of nitrogens with two attached hydrogens (primary N) is 1. The van der Waals surface area contributed by atoms with Gasteiger partial charge in [-0.05, 0) is 29.8 Å². The van der Waals surface area contributed by atoms with Crippen molar-refractivity contribution in [3.8, 4) is 11.5 Å². The number of hydrogen-bond donors (Lipinski definition) is 1. The minimum absolute atomic E-state index is 0.140. The fourth-order valence-corrected chi connectivity index (χ4v) is 1.77. The number of carbonyl (C=O) groups is 1. The van der Waals surface area contributed by atoms with E-state index < -0.39 is 5.97 Å². The number of methoxy groups -OCH3 is 2. The number of esters is 1. The van der Waals surface area contributed by atoms with Gasteiger partial charge in [-0.3, -0.25) is 0 Å².